The van der Waals surface area contributed by atoms with Gasteiger partial charge < -0.3 is 8.92 Å². The van der Waals surface area contributed by atoms with Gasteiger partial charge in [0.15, 0.2) is 0 Å². The Morgan fingerprint density at radius 2 is 1.23 bits per heavy atom. The summed E-state index contributed by atoms with van der Waals surface area (Å²) in [5.74, 6) is -0.141. The fraction of sp³-hybridized carbons (Fsp3) is 0.100. The Labute approximate surface area is 172 Å². The van der Waals surface area contributed by atoms with Crippen molar-refractivity contribution < 1.29 is 43.7 Å². The maximum atomic E-state index is 12.7. The van der Waals surface area contributed by atoms with Gasteiger partial charge in [-0.1, -0.05) is 30.3 Å². The second-order valence-electron chi connectivity index (χ2n) is 6.13. The third-order valence-electron chi connectivity index (χ3n) is 3.95. The minimum atomic E-state index is -5.80. The van der Waals surface area contributed by atoms with Crippen LogP contribution in [0.4, 0.5) is 26.3 Å². The average Bonchev–Trinajstić information content (AvgIpc) is 2.68. The SMILES string of the molecule is O=S(=O)(Oc1ccc(-c2ccccc2Oc2ccc(C(F)(F)F)cc2)cc1)C(F)(F)F. The number of rotatable bonds is 5. The van der Waals surface area contributed by atoms with Crippen molar-refractivity contribution in [1.82, 2.24) is 0 Å². The fourth-order valence-electron chi connectivity index (χ4n) is 2.50. The first-order chi connectivity index (χ1) is 14.4. The molecule has 0 atom stereocenters. The van der Waals surface area contributed by atoms with E-state index in [-0.39, 0.29) is 11.5 Å². The summed E-state index contributed by atoms with van der Waals surface area (Å²) in [6, 6.07) is 15.2. The highest BCUT2D eigenvalue weighted by Crippen LogP contribution is 2.36. The summed E-state index contributed by atoms with van der Waals surface area (Å²) in [6.45, 7) is 0. The van der Waals surface area contributed by atoms with Crippen LogP contribution in [0.2, 0.25) is 0 Å². The highest BCUT2D eigenvalue weighted by atomic mass is 32.2. The molecule has 0 N–H and O–H groups in total. The molecule has 0 heterocycles. The van der Waals surface area contributed by atoms with Crippen LogP contribution in [0.15, 0.2) is 72.8 Å². The van der Waals surface area contributed by atoms with E-state index in [0.29, 0.717) is 11.1 Å². The summed E-state index contributed by atoms with van der Waals surface area (Å²) >= 11 is 0. The number of ether oxygens (including phenoxy) is 1. The molecule has 3 aromatic carbocycles. The van der Waals surface area contributed by atoms with Crippen molar-refractivity contribution in [3.8, 4) is 28.4 Å². The molecule has 3 aromatic rings. The third-order valence-corrected chi connectivity index (χ3v) is 4.93. The van der Waals surface area contributed by atoms with Crippen LogP contribution in [-0.2, 0) is 16.3 Å². The van der Waals surface area contributed by atoms with Crippen molar-refractivity contribution in [2.24, 2.45) is 0 Å². The summed E-state index contributed by atoms with van der Waals surface area (Å²) in [5, 5.41) is 0. The van der Waals surface area contributed by atoms with E-state index in [1.165, 1.54) is 12.1 Å². The van der Waals surface area contributed by atoms with Crippen molar-refractivity contribution in [2.75, 3.05) is 0 Å². The molecule has 0 saturated heterocycles. The maximum absolute atomic E-state index is 12.7. The fourth-order valence-corrected chi connectivity index (χ4v) is 2.96. The number of halogens is 6. The molecule has 0 spiro atoms. The highest BCUT2D eigenvalue weighted by Gasteiger charge is 2.48. The van der Waals surface area contributed by atoms with E-state index < -0.39 is 33.1 Å². The first kappa shape index (κ1) is 22.5. The lowest BCUT2D eigenvalue weighted by Gasteiger charge is -2.13. The van der Waals surface area contributed by atoms with Crippen molar-refractivity contribution in [3.63, 3.8) is 0 Å². The minimum absolute atomic E-state index is 0.136. The van der Waals surface area contributed by atoms with Gasteiger partial charge in [-0.25, -0.2) is 0 Å². The zero-order valence-corrected chi connectivity index (χ0v) is 16.1. The van der Waals surface area contributed by atoms with Crippen LogP contribution < -0.4 is 8.92 Å². The molecule has 11 heteroatoms. The van der Waals surface area contributed by atoms with Gasteiger partial charge in [0.2, 0.25) is 0 Å². The van der Waals surface area contributed by atoms with Gasteiger partial charge in [0, 0.05) is 5.56 Å². The Hall–Kier alpha value is -3.21. The van der Waals surface area contributed by atoms with Gasteiger partial charge in [-0.15, -0.1) is 0 Å². The van der Waals surface area contributed by atoms with Crippen LogP contribution in [0, 0.1) is 0 Å². The minimum Gasteiger partial charge on any atom is -0.457 e. The predicted octanol–water partition coefficient (Wildman–Crippen LogP) is 6.39. The molecule has 0 saturated carbocycles. The van der Waals surface area contributed by atoms with Crippen LogP contribution >= 0.6 is 0 Å². The predicted molar refractivity (Wildman–Crippen MR) is 99.0 cm³/mol. The topological polar surface area (TPSA) is 52.6 Å². The van der Waals surface area contributed by atoms with Crippen molar-refractivity contribution in [2.45, 2.75) is 11.7 Å². The van der Waals surface area contributed by atoms with E-state index in [2.05, 4.69) is 4.18 Å². The second kappa shape index (κ2) is 8.14. The van der Waals surface area contributed by atoms with E-state index in [0.717, 1.165) is 36.4 Å². The van der Waals surface area contributed by atoms with Crippen LogP contribution in [0.1, 0.15) is 5.56 Å². The van der Waals surface area contributed by atoms with Crippen molar-refractivity contribution >= 4 is 10.1 Å². The monoisotopic (exact) mass is 462 g/mol. The van der Waals surface area contributed by atoms with Gasteiger partial charge in [0.1, 0.15) is 17.2 Å². The van der Waals surface area contributed by atoms with Crippen LogP contribution in [0.5, 0.6) is 17.2 Å². The molecule has 0 unspecified atom stereocenters. The number of para-hydroxylation sites is 1. The molecular weight excluding hydrogens is 450 g/mol. The van der Waals surface area contributed by atoms with E-state index in [1.54, 1.807) is 24.3 Å². The van der Waals surface area contributed by atoms with Gasteiger partial charge >= 0.3 is 21.8 Å². The zero-order chi connectivity index (χ0) is 22.9. The summed E-state index contributed by atoms with van der Waals surface area (Å²) in [6.07, 6.45) is -4.49. The molecular formula is C20H12F6O4S. The molecule has 0 aliphatic heterocycles. The van der Waals surface area contributed by atoms with Gasteiger partial charge in [-0.2, -0.15) is 34.8 Å². The highest BCUT2D eigenvalue weighted by molar-refractivity contribution is 7.88. The molecule has 0 aliphatic carbocycles. The lowest BCUT2D eigenvalue weighted by atomic mass is 10.0. The van der Waals surface area contributed by atoms with Crippen molar-refractivity contribution in [3.05, 3.63) is 78.4 Å². The molecule has 4 nitrogen and oxygen atoms in total. The van der Waals surface area contributed by atoms with E-state index in [1.807, 2.05) is 0 Å². The Morgan fingerprint density at radius 3 is 1.77 bits per heavy atom. The Bertz CT molecular complexity index is 1150. The molecule has 164 valence electrons. The standard InChI is InChI=1S/C20H12F6O4S/c21-19(22,23)14-7-11-15(12-8-14)29-18-4-2-1-3-17(18)13-5-9-16(10-6-13)30-31(27,28)20(24,25)26/h1-12H. The quantitative estimate of drug-likeness (QED) is 0.250. The average molecular weight is 462 g/mol. The van der Waals surface area contributed by atoms with Gasteiger partial charge in [-0.05, 0) is 48.0 Å². The van der Waals surface area contributed by atoms with Gasteiger partial charge in [0.05, 0.1) is 5.56 Å². The first-order valence-corrected chi connectivity index (χ1v) is 9.83. The van der Waals surface area contributed by atoms with Gasteiger partial charge in [-0.3, -0.25) is 0 Å². The van der Waals surface area contributed by atoms with Gasteiger partial charge in [0.25, 0.3) is 0 Å². The van der Waals surface area contributed by atoms with Crippen LogP contribution in [-0.4, -0.2) is 13.9 Å². The summed E-state index contributed by atoms with van der Waals surface area (Å²) in [7, 11) is -5.80. The Balaban J connectivity index is 1.83. The summed E-state index contributed by atoms with van der Waals surface area (Å²) in [4.78, 5) is 0. The lowest BCUT2D eigenvalue weighted by molar-refractivity contribution is -0.137. The van der Waals surface area contributed by atoms with E-state index >= 15 is 0 Å². The molecule has 31 heavy (non-hydrogen) atoms. The van der Waals surface area contributed by atoms with Crippen molar-refractivity contribution in [1.29, 1.82) is 0 Å². The smallest absolute Gasteiger partial charge is 0.457 e. The van der Waals surface area contributed by atoms with Crippen LogP contribution in [0.3, 0.4) is 0 Å². The Kier molecular flexibility index (Phi) is 5.90. The first-order valence-electron chi connectivity index (χ1n) is 8.42. The lowest BCUT2D eigenvalue weighted by Crippen LogP contribution is -2.28. The number of hydrogen-bond acceptors (Lipinski definition) is 4. The molecule has 3 rings (SSSR count). The molecule has 0 aliphatic rings. The normalized spacial score (nSPS) is 12.5. The van der Waals surface area contributed by atoms with E-state index in [4.69, 9.17) is 4.74 Å². The molecule has 0 amide bonds. The largest absolute Gasteiger partial charge is 0.534 e. The summed E-state index contributed by atoms with van der Waals surface area (Å²) in [5.41, 5.74) is -5.49. The zero-order valence-electron chi connectivity index (χ0n) is 15.2. The molecule has 0 radical (unpaired) electrons. The molecule has 0 fully saturated rings. The third kappa shape index (κ3) is 5.29. The second-order valence-corrected chi connectivity index (χ2v) is 7.67. The Morgan fingerprint density at radius 1 is 0.677 bits per heavy atom. The van der Waals surface area contributed by atoms with E-state index in [9.17, 15) is 34.8 Å². The number of hydrogen-bond donors (Lipinski definition) is 0. The number of alkyl halides is 6. The summed E-state index contributed by atoms with van der Waals surface area (Å²) < 4.78 is 107. The molecule has 0 bridgehead atoms. The number of benzene rings is 3. The molecule has 0 aromatic heterocycles. The maximum Gasteiger partial charge on any atom is 0.534 e. The van der Waals surface area contributed by atoms with Crippen LogP contribution in [0.25, 0.3) is 11.1 Å².